The van der Waals surface area contributed by atoms with E-state index in [1.165, 1.54) is 321 Å². The van der Waals surface area contributed by atoms with Gasteiger partial charge in [-0.25, -0.2) is 0 Å². The topological polar surface area (TPSA) is 95.9 Å². The zero-order chi connectivity index (χ0) is 59.2. The molecule has 3 N–H and O–H groups in total. The Labute approximate surface area is 512 Å². The Kier molecular flexibility index (Phi) is 69.4. The maximum absolute atomic E-state index is 12.5. The second-order valence-electron chi connectivity index (χ2n) is 25.3. The highest BCUT2D eigenvalue weighted by Crippen LogP contribution is 2.18. The Morgan fingerprint density at radius 1 is 0.341 bits per heavy atom. The minimum Gasteiger partial charge on any atom is -0.466 e. The second kappa shape index (κ2) is 71.3. The van der Waals surface area contributed by atoms with Gasteiger partial charge in [-0.3, -0.25) is 9.59 Å². The number of esters is 1. The first-order valence-electron chi connectivity index (χ1n) is 36.9. The van der Waals surface area contributed by atoms with Crippen molar-refractivity contribution in [2.45, 2.75) is 411 Å². The molecule has 0 spiro atoms. The van der Waals surface area contributed by atoms with Crippen LogP contribution in [0.4, 0.5) is 0 Å². The Morgan fingerprint density at radius 2 is 0.622 bits per heavy atom. The van der Waals surface area contributed by atoms with E-state index in [0.717, 1.165) is 51.4 Å². The molecule has 1 amide bonds. The highest BCUT2D eigenvalue weighted by atomic mass is 16.5. The summed E-state index contributed by atoms with van der Waals surface area (Å²) in [6.45, 7) is 4.90. The summed E-state index contributed by atoms with van der Waals surface area (Å²) in [6.07, 6.45) is 93.6. The van der Waals surface area contributed by atoms with Crippen LogP contribution in [-0.4, -0.2) is 47.4 Å². The molecule has 82 heavy (non-hydrogen) atoms. The molecule has 6 nitrogen and oxygen atoms in total. The number of carbonyl (C=O) groups excluding carboxylic acids is 2. The third kappa shape index (κ3) is 67.0. The number of nitrogens with one attached hydrogen (secondary N) is 1. The quantitative estimate of drug-likeness (QED) is 0.0320. The van der Waals surface area contributed by atoms with Gasteiger partial charge in [0.15, 0.2) is 0 Å². The maximum Gasteiger partial charge on any atom is 0.305 e. The van der Waals surface area contributed by atoms with Crippen LogP contribution >= 0.6 is 0 Å². The SMILES string of the molecule is CCCC/C=C\CCCCCCCC(=O)OCCCCCCCCCCCCC/C=C\C/C=C\CCCCCCCCCCCCCCCCCCCC(=O)NC(CO)C(O)/C=C/CCCCCCCCCCCCCCCCCCC. The normalized spacial score (nSPS) is 12.8. The molecule has 0 aliphatic rings. The largest absolute Gasteiger partial charge is 0.466 e. The number of aliphatic hydroxyl groups is 2. The summed E-state index contributed by atoms with van der Waals surface area (Å²) in [5.41, 5.74) is 0. The summed E-state index contributed by atoms with van der Waals surface area (Å²) in [6, 6.07) is -0.627. The van der Waals surface area contributed by atoms with E-state index in [0.29, 0.717) is 19.4 Å². The van der Waals surface area contributed by atoms with Gasteiger partial charge in [0, 0.05) is 12.8 Å². The average molecular weight is 1150 g/mol. The van der Waals surface area contributed by atoms with Gasteiger partial charge in [0.2, 0.25) is 5.91 Å². The van der Waals surface area contributed by atoms with Crippen molar-refractivity contribution in [3.63, 3.8) is 0 Å². The van der Waals surface area contributed by atoms with Crippen LogP contribution in [0.1, 0.15) is 399 Å². The number of hydrogen-bond donors (Lipinski definition) is 3. The zero-order valence-electron chi connectivity index (χ0n) is 55.2. The van der Waals surface area contributed by atoms with E-state index in [4.69, 9.17) is 4.74 Å². The van der Waals surface area contributed by atoms with Crippen molar-refractivity contribution >= 4 is 11.9 Å². The molecule has 0 bridgehead atoms. The van der Waals surface area contributed by atoms with Gasteiger partial charge >= 0.3 is 5.97 Å². The first-order valence-corrected chi connectivity index (χ1v) is 36.9. The van der Waals surface area contributed by atoms with E-state index in [9.17, 15) is 19.8 Å². The van der Waals surface area contributed by atoms with Crippen molar-refractivity contribution in [3.8, 4) is 0 Å². The predicted octanol–water partition coefficient (Wildman–Crippen LogP) is 24.0. The van der Waals surface area contributed by atoms with Crippen LogP contribution in [0, 0.1) is 0 Å². The van der Waals surface area contributed by atoms with E-state index in [1.807, 2.05) is 6.08 Å². The molecule has 0 radical (unpaired) electrons. The number of allylic oxidation sites excluding steroid dienone is 7. The summed E-state index contributed by atoms with van der Waals surface area (Å²) in [4.78, 5) is 24.5. The molecule has 0 aromatic heterocycles. The highest BCUT2D eigenvalue weighted by molar-refractivity contribution is 5.76. The van der Waals surface area contributed by atoms with E-state index < -0.39 is 12.1 Å². The molecular weight excluding hydrogens is 1010 g/mol. The van der Waals surface area contributed by atoms with Crippen LogP contribution < -0.4 is 5.32 Å². The molecule has 2 atom stereocenters. The Morgan fingerprint density at radius 3 is 0.976 bits per heavy atom. The van der Waals surface area contributed by atoms with Gasteiger partial charge in [0.25, 0.3) is 0 Å². The zero-order valence-corrected chi connectivity index (χ0v) is 55.2. The number of amides is 1. The molecule has 0 saturated carbocycles. The minimum atomic E-state index is -0.844. The summed E-state index contributed by atoms with van der Waals surface area (Å²) in [5.74, 6) is -0.0569. The molecule has 0 aromatic rings. The summed E-state index contributed by atoms with van der Waals surface area (Å²) in [5, 5.41) is 23.2. The maximum atomic E-state index is 12.5. The fourth-order valence-electron chi connectivity index (χ4n) is 11.4. The lowest BCUT2D eigenvalue weighted by Gasteiger charge is -2.20. The molecule has 0 rings (SSSR count). The third-order valence-electron chi connectivity index (χ3n) is 17.1. The first-order chi connectivity index (χ1) is 40.5. The predicted molar refractivity (Wildman–Crippen MR) is 361 cm³/mol. The van der Waals surface area contributed by atoms with Crippen molar-refractivity contribution in [1.29, 1.82) is 0 Å². The van der Waals surface area contributed by atoms with Gasteiger partial charge < -0.3 is 20.3 Å². The summed E-state index contributed by atoms with van der Waals surface area (Å²) >= 11 is 0. The standard InChI is InChI=1S/C76H143NO5/c1-3-5-7-9-11-13-15-16-17-18-36-39-42-45-49-52-56-60-64-68-74(79)73(72-78)77-75(80)69-65-61-57-53-50-46-43-40-37-34-32-30-28-26-24-22-20-19-21-23-25-27-29-31-33-35-38-41-44-47-51-55-59-63-67-71-82-76(81)70-66-62-58-54-48-14-12-10-8-6-4-2/h10,12,21,23,27,29,64,68,73-74,78-79H,3-9,11,13-20,22,24-26,28,30-63,65-67,69-72H2,1-2H3,(H,77,80)/b12-10-,23-21-,29-27-,68-64+. The van der Waals surface area contributed by atoms with Gasteiger partial charge in [0.1, 0.15) is 0 Å². The number of hydrogen-bond acceptors (Lipinski definition) is 5. The van der Waals surface area contributed by atoms with Crippen molar-refractivity contribution < 1.29 is 24.5 Å². The van der Waals surface area contributed by atoms with Crippen LogP contribution in [0.2, 0.25) is 0 Å². The lowest BCUT2D eigenvalue weighted by atomic mass is 10.0. The Hall–Kier alpha value is -2.18. The van der Waals surface area contributed by atoms with E-state index in [1.54, 1.807) is 6.08 Å². The van der Waals surface area contributed by atoms with Gasteiger partial charge in [-0.05, 0) is 83.5 Å². The van der Waals surface area contributed by atoms with Crippen LogP contribution in [0.15, 0.2) is 48.6 Å². The minimum absolute atomic E-state index is 0.00549. The third-order valence-corrected chi connectivity index (χ3v) is 17.1. The molecule has 0 aliphatic heterocycles. The smallest absolute Gasteiger partial charge is 0.305 e. The molecular formula is C76H143NO5. The molecule has 0 aliphatic carbocycles. The molecule has 6 heteroatoms. The molecule has 0 fully saturated rings. The lowest BCUT2D eigenvalue weighted by molar-refractivity contribution is -0.143. The van der Waals surface area contributed by atoms with Crippen molar-refractivity contribution in [1.82, 2.24) is 5.32 Å². The number of rotatable bonds is 69. The molecule has 2 unspecified atom stereocenters. The van der Waals surface area contributed by atoms with Crippen LogP contribution in [0.25, 0.3) is 0 Å². The number of carbonyl (C=O) groups is 2. The Balaban J connectivity index is 3.40. The van der Waals surface area contributed by atoms with Crippen molar-refractivity contribution in [2.75, 3.05) is 13.2 Å². The lowest BCUT2D eigenvalue weighted by Crippen LogP contribution is -2.45. The van der Waals surface area contributed by atoms with Crippen molar-refractivity contribution in [2.24, 2.45) is 0 Å². The van der Waals surface area contributed by atoms with Gasteiger partial charge in [-0.1, -0.05) is 351 Å². The first kappa shape index (κ1) is 79.8. The van der Waals surface area contributed by atoms with Gasteiger partial charge in [-0.2, -0.15) is 0 Å². The van der Waals surface area contributed by atoms with Crippen LogP contribution in [-0.2, 0) is 14.3 Å². The fraction of sp³-hybridized carbons (Fsp3) is 0.868. The molecule has 482 valence electrons. The molecule has 0 aromatic carbocycles. The molecule has 0 heterocycles. The summed E-state index contributed by atoms with van der Waals surface area (Å²) in [7, 11) is 0. The Bertz CT molecular complexity index is 1370. The number of unbranched alkanes of at least 4 members (excludes halogenated alkanes) is 52. The van der Waals surface area contributed by atoms with Crippen molar-refractivity contribution in [3.05, 3.63) is 48.6 Å². The highest BCUT2D eigenvalue weighted by Gasteiger charge is 2.18. The van der Waals surface area contributed by atoms with Crippen LogP contribution in [0.3, 0.4) is 0 Å². The summed E-state index contributed by atoms with van der Waals surface area (Å²) < 4.78 is 5.47. The number of aliphatic hydroxyl groups excluding tert-OH is 2. The fourth-order valence-corrected chi connectivity index (χ4v) is 11.4. The second-order valence-corrected chi connectivity index (χ2v) is 25.3. The van der Waals surface area contributed by atoms with Gasteiger partial charge in [0.05, 0.1) is 25.4 Å². The number of ether oxygens (including phenoxy) is 1. The van der Waals surface area contributed by atoms with Gasteiger partial charge in [-0.15, -0.1) is 0 Å². The average Bonchev–Trinajstić information content (AvgIpc) is 3.48. The molecule has 0 saturated heterocycles. The van der Waals surface area contributed by atoms with E-state index in [-0.39, 0.29) is 18.5 Å². The van der Waals surface area contributed by atoms with Crippen LogP contribution in [0.5, 0.6) is 0 Å². The van der Waals surface area contributed by atoms with E-state index >= 15 is 0 Å². The van der Waals surface area contributed by atoms with E-state index in [2.05, 4.69) is 55.6 Å². The monoisotopic (exact) mass is 1150 g/mol.